The van der Waals surface area contributed by atoms with Gasteiger partial charge in [0.05, 0.1) is 6.33 Å². The third kappa shape index (κ3) is 3.19. The molecule has 1 unspecified atom stereocenters. The lowest BCUT2D eigenvalue weighted by Crippen LogP contribution is -2.41. The van der Waals surface area contributed by atoms with E-state index in [1.54, 1.807) is 16.8 Å². The maximum Gasteiger partial charge on any atom is 0.262 e. The van der Waals surface area contributed by atoms with Crippen LogP contribution in [-0.4, -0.2) is 52.9 Å². The first-order valence-corrected chi connectivity index (χ1v) is 10.7. The molecule has 7 heteroatoms. The lowest BCUT2D eigenvalue weighted by molar-refractivity contribution is 0.185. The topological polar surface area (TPSA) is 58.4 Å². The summed E-state index contributed by atoms with van der Waals surface area (Å²) in [7, 11) is -3.51. The van der Waals surface area contributed by atoms with Gasteiger partial charge < -0.3 is 4.57 Å². The van der Waals surface area contributed by atoms with E-state index in [4.69, 9.17) is 0 Å². The Kier molecular flexibility index (Phi) is 4.62. The molecule has 1 saturated heterocycles. The minimum absolute atomic E-state index is 0.163. The standard InChI is InChI=1S/C19H26N4O2S/c1-15(2)22-13-19(20-14-22)26(24,25)23-10-8-18(12-23)21-9-7-16-5-3-4-6-17(16)11-21/h3-6,13-15,18H,7-12H2,1-2H3. The maximum atomic E-state index is 12.9. The van der Waals surface area contributed by atoms with Crippen LogP contribution >= 0.6 is 0 Å². The highest BCUT2D eigenvalue weighted by Gasteiger charge is 2.37. The fourth-order valence-corrected chi connectivity index (χ4v) is 5.34. The zero-order valence-corrected chi connectivity index (χ0v) is 16.2. The second-order valence-corrected chi connectivity index (χ2v) is 9.43. The minimum atomic E-state index is -3.51. The van der Waals surface area contributed by atoms with Crippen LogP contribution in [0.25, 0.3) is 0 Å². The van der Waals surface area contributed by atoms with E-state index in [0.29, 0.717) is 13.1 Å². The van der Waals surface area contributed by atoms with Crippen molar-refractivity contribution in [3.8, 4) is 0 Å². The Balaban J connectivity index is 1.46. The summed E-state index contributed by atoms with van der Waals surface area (Å²) >= 11 is 0. The first-order chi connectivity index (χ1) is 12.4. The molecule has 2 aromatic rings. The molecule has 3 heterocycles. The summed E-state index contributed by atoms with van der Waals surface area (Å²) in [5, 5.41) is 0.163. The molecule has 1 fully saturated rings. The lowest BCUT2D eigenvalue weighted by Gasteiger charge is -2.33. The van der Waals surface area contributed by atoms with Crippen molar-refractivity contribution in [2.75, 3.05) is 19.6 Å². The van der Waals surface area contributed by atoms with Gasteiger partial charge in [0, 0.05) is 44.5 Å². The molecule has 0 spiro atoms. The van der Waals surface area contributed by atoms with E-state index in [-0.39, 0.29) is 17.1 Å². The molecular weight excluding hydrogens is 348 g/mol. The predicted molar refractivity (Wildman–Crippen MR) is 100 cm³/mol. The van der Waals surface area contributed by atoms with Crippen LogP contribution in [0.1, 0.15) is 37.4 Å². The SMILES string of the molecule is CC(C)n1cnc(S(=O)(=O)N2CCC(N3CCc4ccccc4C3)C2)c1. The van der Waals surface area contributed by atoms with Gasteiger partial charge in [-0.3, -0.25) is 4.90 Å². The van der Waals surface area contributed by atoms with Gasteiger partial charge in [0.15, 0.2) is 5.03 Å². The molecule has 1 aromatic carbocycles. The van der Waals surface area contributed by atoms with E-state index >= 15 is 0 Å². The normalized spacial score (nSPS) is 22.0. The van der Waals surface area contributed by atoms with Crippen LogP contribution in [0.4, 0.5) is 0 Å². The molecule has 1 aromatic heterocycles. The summed E-state index contributed by atoms with van der Waals surface area (Å²) in [6, 6.07) is 9.04. The van der Waals surface area contributed by atoms with Crippen molar-refractivity contribution in [2.45, 2.75) is 50.3 Å². The summed E-state index contributed by atoms with van der Waals surface area (Å²) in [4.78, 5) is 6.58. The second-order valence-electron chi connectivity index (χ2n) is 7.55. The molecule has 26 heavy (non-hydrogen) atoms. The van der Waals surface area contributed by atoms with Crippen molar-refractivity contribution in [1.29, 1.82) is 0 Å². The van der Waals surface area contributed by atoms with Crippen LogP contribution in [0, 0.1) is 0 Å². The van der Waals surface area contributed by atoms with E-state index < -0.39 is 10.0 Å². The van der Waals surface area contributed by atoms with Crippen molar-refractivity contribution in [1.82, 2.24) is 18.8 Å². The van der Waals surface area contributed by atoms with Crippen molar-refractivity contribution in [3.05, 3.63) is 47.9 Å². The zero-order valence-electron chi connectivity index (χ0n) is 15.4. The number of hydrogen-bond acceptors (Lipinski definition) is 4. The summed E-state index contributed by atoms with van der Waals surface area (Å²) in [5.41, 5.74) is 2.79. The van der Waals surface area contributed by atoms with Gasteiger partial charge in [-0.1, -0.05) is 24.3 Å². The summed E-state index contributed by atoms with van der Waals surface area (Å²) in [6.07, 6.45) is 5.17. The van der Waals surface area contributed by atoms with Crippen LogP contribution in [0.3, 0.4) is 0 Å². The molecule has 1 atom stereocenters. The van der Waals surface area contributed by atoms with Crippen molar-refractivity contribution in [2.24, 2.45) is 0 Å². The number of fused-ring (bicyclic) bond motifs is 1. The molecule has 4 rings (SSSR count). The predicted octanol–water partition coefficient (Wildman–Crippen LogP) is 2.29. The molecule has 0 aliphatic carbocycles. The highest BCUT2D eigenvalue weighted by atomic mass is 32.2. The molecule has 0 bridgehead atoms. The van der Waals surface area contributed by atoms with Crippen LogP contribution in [0.15, 0.2) is 41.8 Å². The molecule has 0 radical (unpaired) electrons. The first-order valence-electron chi connectivity index (χ1n) is 9.29. The molecule has 0 saturated carbocycles. The van der Waals surface area contributed by atoms with E-state index in [0.717, 1.165) is 25.9 Å². The van der Waals surface area contributed by atoms with Crippen LogP contribution in [0.5, 0.6) is 0 Å². The molecule has 2 aliphatic heterocycles. The van der Waals surface area contributed by atoms with Crippen molar-refractivity contribution < 1.29 is 8.42 Å². The second kappa shape index (κ2) is 6.79. The number of benzene rings is 1. The molecular formula is C19H26N4O2S. The largest absolute Gasteiger partial charge is 0.334 e. The molecule has 0 N–H and O–H groups in total. The monoisotopic (exact) mass is 374 g/mol. The van der Waals surface area contributed by atoms with Crippen molar-refractivity contribution in [3.63, 3.8) is 0 Å². The number of nitrogens with zero attached hydrogens (tertiary/aromatic N) is 4. The smallest absolute Gasteiger partial charge is 0.262 e. The van der Waals surface area contributed by atoms with E-state index in [2.05, 4.69) is 34.1 Å². The van der Waals surface area contributed by atoms with Gasteiger partial charge in [-0.15, -0.1) is 0 Å². The third-order valence-electron chi connectivity index (χ3n) is 5.58. The molecule has 2 aliphatic rings. The third-order valence-corrected chi connectivity index (χ3v) is 7.33. The number of aromatic nitrogens is 2. The number of rotatable bonds is 4. The van der Waals surface area contributed by atoms with Gasteiger partial charge in [0.25, 0.3) is 10.0 Å². The van der Waals surface area contributed by atoms with Gasteiger partial charge >= 0.3 is 0 Å². The Hall–Kier alpha value is -1.70. The summed E-state index contributed by atoms with van der Waals surface area (Å²) in [6.45, 7) is 7.06. The van der Waals surface area contributed by atoms with E-state index in [1.807, 2.05) is 18.4 Å². The Morgan fingerprint density at radius 3 is 2.65 bits per heavy atom. The van der Waals surface area contributed by atoms with Crippen molar-refractivity contribution >= 4 is 10.0 Å². The maximum absolute atomic E-state index is 12.9. The van der Waals surface area contributed by atoms with Gasteiger partial charge in [-0.2, -0.15) is 4.31 Å². The van der Waals surface area contributed by atoms with E-state index in [1.165, 1.54) is 11.1 Å². The number of hydrogen-bond donors (Lipinski definition) is 0. The van der Waals surface area contributed by atoms with Gasteiger partial charge in [0.1, 0.15) is 0 Å². The Labute approximate surface area is 155 Å². The highest BCUT2D eigenvalue weighted by Crippen LogP contribution is 2.27. The fraction of sp³-hybridized carbons (Fsp3) is 0.526. The van der Waals surface area contributed by atoms with Gasteiger partial charge in [-0.05, 0) is 37.8 Å². The Morgan fingerprint density at radius 2 is 1.92 bits per heavy atom. The molecule has 140 valence electrons. The Bertz CT molecular complexity index is 890. The highest BCUT2D eigenvalue weighted by molar-refractivity contribution is 7.89. The lowest BCUT2D eigenvalue weighted by atomic mass is 9.98. The average molecular weight is 375 g/mol. The molecule has 0 amide bonds. The Morgan fingerprint density at radius 1 is 1.15 bits per heavy atom. The summed E-state index contributed by atoms with van der Waals surface area (Å²) in [5.74, 6) is 0. The fourth-order valence-electron chi connectivity index (χ4n) is 3.92. The van der Waals surface area contributed by atoms with Gasteiger partial charge in [-0.25, -0.2) is 13.4 Å². The minimum Gasteiger partial charge on any atom is -0.334 e. The number of sulfonamides is 1. The quantitative estimate of drug-likeness (QED) is 0.824. The van der Waals surface area contributed by atoms with Crippen LogP contribution in [-0.2, 0) is 23.0 Å². The number of imidazole rings is 1. The van der Waals surface area contributed by atoms with E-state index in [9.17, 15) is 8.42 Å². The van der Waals surface area contributed by atoms with Crippen LogP contribution < -0.4 is 0 Å². The average Bonchev–Trinajstić information content (AvgIpc) is 3.31. The first kappa shape index (κ1) is 17.7. The van der Waals surface area contributed by atoms with Crippen LogP contribution in [0.2, 0.25) is 0 Å². The van der Waals surface area contributed by atoms with Gasteiger partial charge in [0.2, 0.25) is 0 Å². The summed E-state index contributed by atoms with van der Waals surface area (Å²) < 4.78 is 29.3. The molecule has 6 nitrogen and oxygen atoms in total. The zero-order chi connectivity index (χ0) is 18.3.